The molecule has 4 fully saturated rings. The van der Waals surface area contributed by atoms with E-state index in [1.807, 2.05) is 4.72 Å². The molecule has 1 unspecified atom stereocenters. The van der Waals surface area contributed by atoms with E-state index in [0.29, 0.717) is 35.5 Å². The highest BCUT2D eigenvalue weighted by Gasteiger charge is 2.62. The summed E-state index contributed by atoms with van der Waals surface area (Å²) in [5.74, 6) is 3.02. The van der Waals surface area contributed by atoms with Crippen LogP contribution in [0.3, 0.4) is 0 Å². The monoisotopic (exact) mass is 629 g/mol. The van der Waals surface area contributed by atoms with Gasteiger partial charge in [-0.05, 0) is 128 Å². The molecule has 10 atom stereocenters. The molecule has 4 aliphatic rings. The molecule has 2 N–H and O–H groups in total. The molecular weight excluding hydrogens is 583 g/mol. The minimum Gasteiger partial charge on any atom is -0.449 e. The van der Waals surface area contributed by atoms with Crippen LogP contribution in [-0.2, 0) is 14.8 Å². The van der Waals surface area contributed by atoms with E-state index in [-0.39, 0.29) is 34.4 Å². The van der Waals surface area contributed by atoms with Gasteiger partial charge in [0.2, 0.25) is 0 Å². The van der Waals surface area contributed by atoms with E-state index in [9.17, 15) is 31.5 Å². The predicted molar refractivity (Wildman–Crippen MR) is 154 cm³/mol. The Bertz CT molecular complexity index is 1270. The number of hydrogen-bond acceptors (Lipinski definition) is 6. The standard InChI is InChI=1S/C32H46F3NO6S/c1-5-20-16-24-26-11-10-25(30(26,3)15-13-27(24)31(4)14-12-21(37)17-28(20)31)19(2)18-41-29(38)36-43(39,40)23-8-6-22(7-9-23)42-32(33,34)35/h6-9,19-21,24-28,37H,5,10-18H2,1-4H3,(H,36,38)/t19-,20+,21-,24+,25-,26+,27?,28+,30-,31-/m1/s1. The fourth-order valence-corrected chi connectivity index (χ4v) is 11.1. The summed E-state index contributed by atoms with van der Waals surface area (Å²) in [5, 5.41) is 10.5. The molecule has 0 saturated heterocycles. The number of amides is 1. The third-order valence-corrected chi connectivity index (χ3v) is 13.5. The fraction of sp³-hybridized carbons (Fsp3) is 0.781. The summed E-state index contributed by atoms with van der Waals surface area (Å²) in [6, 6.07) is 3.60. The first-order valence-electron chi connectivity index (χ1n) is 15.8. The maximum atomic E-state index is 12.6. The van der Waals surface area contributed by atoms with Crippen molar-refractivity contribution < 1.29 is 41.0 Å². The lowest BCUT2D eigenvalue weighted by molar-refractivity contribution is -0.274. The van der Waals surface area contributed by atoms with Gasteiger partial charge in [-0.15, -0.1) is 13.2 Å². The van der Waals surface area contributed by atoms with Crippen LogP contribution in [0.25, 0.3) is 0 Å². The zero-order chi connectivity index (χ0) is 31.4. The second-order valence-electron chi connectivity index (χ2n) is 14.3. The minimum absolute atomic E-state index is 0.0394. The number of sulfonamides is 1. The van der Waals surface area contributed by atoms with E-state index in [0.717, 1.165) is 69.2 Å². The number of alkyl halides is 3. The molecule has 0 radical (unpaired) electrons. The Morgan fingerprint density at radius 3 is 2.33 bits per heavy atom. The van der Waals surface area contributed by atoms with Gasteiger partial charge in [0.15, 0.2) is 0 Å². The van der Waals surface area contributed by atoms with E-state index >= 15 is 0 Å². The second-order valence-corrected chi connectivity index (χ2v) is 15.9. The smallest absolute Gasteiger partial charge is 0.449 e. The molecule has 0 spiro atoms. The first kappa shape index (κ1) is 32.4. The van der Waals surface area contributed by atoms with Gasteiger partial charge in [-0.3, -0.25) is 0 Å². The first-order chi connectivity index (χ1) is 20.1. The number of rotatable bonds is 7. The number of halogens is 3. The highest BCUT2D eigenvalue weighted by atomic mass is 32.2. The lowest BCUT2D eigenvalue weighted by Gasteiger charge is -2.63. The van der Waals surface area contributed by atoms with Gasteiger partial charge in [0.05, 0.1) is 17.6 Å². The summed E-state index contributed by atoms with van der Waals surface area (Å²) in [6.07, 6.45) is 3.68. The maximum absolute atomic E-state index is 12.6. The number of hydrogen-bond donors (Lipinski definition) is 2. The Hall–Kier alpha value is -2.01. The molecule has 4 aliphatic carbocycles. The Morgan fingerprint density at radius 1 is 1.02 bits per heavy atom. The molecule has 0 bridgehead atoms. The molecule has 1 aromatic carbocycles. The summed E-state index contributed by atoms with van der Waals surface area (Å²) in [4.78, 5) is 12.1. The van der Waals surface area contributed by atoms with Crippen LogP contribution in [0.1, 0.15) is 85.5 Å². The number of carbonyl (C=O) groups excluding carboxylic acids is 1. The van der Waals surface area contributed by atoms with Crippen LogP contribution in [0.2, 0.25) is 0 Å². The lowest BCUT2D eigenvalue weighted by atomic mass is 9.42. The Labute approximate surface area is 253 Å². The van der Waals surface area contributed by atoms with Crippen LogP contribution in [0.4, 0.5) is 18.0 Å². The van der Waals surface area contributed by atoms with Crippen molar-refractivity contribution in [3.63, 3.8) is 0 Å². The van der Waals surface area contributed by atoms with Crippen molar-refractivity contribution in [3.05, 3.63) is 24.3 Å². The van der Waals surface area contributed by atoms with Gasteiger partial charge in [-0.25, -0.2) is 17.9 Å². The zero-order valence-electron chi connectivity index (χ0n) is 25.5. The number of benzene rings is 1. The van der Waals surface area contributed by atoms with Gasteiger partial charge in [0.1, 0.15) is 5.75 Å². The van der Waals surface area contributed by atoms with Crippen molar-refractivity contribution in [3.8, 4) is 5.75 Å². The van der Waals surface area contributed by atoms with Crippen LogP contribution in [-0.4, -0.2) is 38.7 Å². The molecule has 0 aromatic heterocycles. The molecular formula is C32H46F3NO6S. The lowest BCUT2D eigenvalue weighted by Crippen LogP contribution is -2.56. The van der Waals surface area contributed by atoms with Gasteiger partial charge in [-0.2, -0.15) is 0 Å². The number of nitrogens with one attached hydrogen (secondary N) is 1. The molecule has 0 aliphatic heterocycles. The van der Waals surface area contributed by atoms with Gasteiger partial charge in [0, 0.05) is 0 Å². The molecule has 43 heavy (non-hydrogen) atoms. The summed E-state index contributed by atoms with van der Waals surface area (Å²) < 4.78 is 73.5. The summed E-state index contributed by atoms with van der Waals surface area (Å²) in [5.41, 5.74) is 0.411. The van der Waals surface area contributed by atoms with Gasteiger partial charge in [-0.1, -0.05) is 34.1 Å². The van der Waals surface area contributed by atoms with Crippen molar-refractivity contribution in [1.29, 1.82) is 0 Å². The van der Waals surface area contributed by atoms with Crippen molar-refractivity contribution in [2.45, 2.75) is 103 Å². The molecule has 11 heteroatoms. The van der Waals surface area contributed by atoms with Crippen LogP contribution in [0.5, 0.6) is 5.75 Å². The van der Waals surface area contributed by atoms with E-state index in [2.05, 4.69) is 32.4 Å². The maximum Gasteiger partial charge on any atom is 0.573 e. The molecule has 1 aromatic rings. The number of aliphatic hydroxyl groups is 1. The highest BCUT2D eigenvalue weighted by Crippen LogP contribution is 2.69. The molecule has 5 rings (SSSR count). The quantitative estimate of drug-likeness (QED) is 0.329. The van der Waals surface area contributed by atoms with Gasteiger partial charge >= 0.3 is 12.5 Å². The number of aliphatic hydroxyl groups excluding tert-OH is 1. The average molecular weight is 630 g/mol. The van der Waals surface area contributed by atoms with E-state index < -0.39 is 28.2 Å². The number of carbonyl (C=O) groups is 1. The zero-order valence-corrected chi connectivity index (χ0v) is 26.3. The van der Waals surface area contributed by atoms with E-state index in [1.54, 1.807) is 0 Å². The molecule has 242 valence electrons. The number of ether oxygens (including phenoxy) is 2. The second kappa shape index (κ2) is 11.7. The molecule has 7 nitrogen and oxygen atoms in total. The van der Waals surface area contributed by atoms with E-state index in [1.165, 1.54) is 12.8 Å². The van der Waals surface area contributed by atoms with Crippen LogP contribution >= 0.6 is 0 Å². The summed E-state index contributed by atoms with van der Waals surface area (Å²) >= 11 is 0. The Morgan fingerprint density at radius 2 is 1.67 bits per heavy atom. The Kier molecular flexibility index (Phi) is 8.83. The Balaban J connectivity index is 1.20. The fourth-order valence-electron chi connectivity index (χ4n) is 10.3. The summed E-state index contributed by atoms with van der Waals surface area (Å²) in [6.45, 7) is 9.37. The first-order valence-corrected chi connectivity index (χ1v) is 17.3. The molecule has 0 heterocycles. The van der Waals surface area contributed by atoms with Crippen molar-refractivity contribution in [1.82, 2.24) is 4.72 Å². The van der Waals surface area contributed by atoms with Crippen LogP contribution < -0.4 is 9.46 Å². The SMILES string of the molecule is CC[C@H]1C[C@@H]2C(CC[C@]3(C)[C@@H]([C@H](C)COC(=O)NS(=O)(=O)c4ccc(OC(F)(F)F)cc4)CC[C@@H]23)[C@@]2(C)CC[C@@H](O)C[C@@H]12. The highest BCUT2D eigenvalue weighted by molar-refractivity contribution is 7.90. The minimum atomic E-state index is -4.90. The van der Waals surface area contributed by atoms with Crippen LogP contribution in [0.15, 0.2) is 29.2 Å². The molecule has 4 saturated carbocycles. The third-order valence-electron chi connectivity index (χ3n) is 12.2. The third kappa shape index (κ3) is 6.26. The van der Waals surface area contributed by atoms with Crippen LogP contribution in [0, 0.1) is 52.3 Å². The van der Waals surface area contributed by atoms with Crippen molar-refractivity contribution >= 4 is 16.1 Å². The predicted octanol–water partition coefficient (Wildman–Crippen LogP) is 7.29. The van der Waals surface area contributed by atoms with Gasteiger partial charge in [0.25, 0.3) is 10.0 Å². The summed E-state index contributed by atoms with van der Waals surface area (Å²) in [7, 11) is -4.34. The average Bonchev–Trinajstić information content (AvgIpc) is 3.28. The van der Waals surface area contributed by atoms with Crippen molar-refractivity contribution in [2.75, 3.05) is 6.61 Å². The number of fused-ring (bicyclic) bond motifs is 5. The molecule has 1 amide bonds. The van der Waals surface area contributed by atoms with E-state index in [4.69, 9.17) is 4.74 Å². The van der Waals surface area contributed by atoms with Gasteiger partial charge < -0.3 is 14.6 Å². The normalized spacial score (nSPS) is 38.3. The largest absolute Gasteiger partial charge is 0.573 e. The topological polar surface area (TPSA) is 102 Å². The van der Waals surface area contributed by atoms with Crippen molar-refractivity contribution in [2.24, 2.45) is 52.3 Å².